The zero-order chi connectivity index (χ0) is 12.4. The van der Waals surface area contributed by atoms with E-state index in [-0.39, 0.29) is 0 Å². The fourth-order valence-electron chi connectivity index (χ4n) is 1.60. The van der Waals surface area contributed by atoms with Gasteiger partial charge in [0.25, 0.3) is 0 Å². The van der Waals surface area contributed by atoms with Crippen molar-refractivity contribution < 1.29 is 0 Å². The van der Waals surface area contributed by atoms with Crippen molar-refractivity contribution in [2.45, 2.75) is 65.0 Å². The van der Waals surface area contributed by atoms with Gasteiger partial charge in [-0.05, 0) is 18.6 Å². The quantitative estimate of drug-likeness (QED) is 0.466. The van der Waals surface area contributed by atoms with Gasteiger partial charge in [0.1, 0.15) is 0 Å². The first-order chi connectivity index (χ1) is 6.58. The second-order valence-corrected chi connectivity index (χ2v) is 18.8. The molecule has 0 saturated carbocycles. The first-order valence-corrected chi connectivity index (χ1v) is 13.7. The average Bonchev–Trinajstić information content (AvgIpc) is 2.03. The van der Waals surface area contributed by atoms with Gasteiger partial charge in [-0.25, -0.2) is 0 Å². The summed E-state index contributed by atoms with van der Waals surface area (Å²) in [5, 5.41) is 0. The molecule has 0 aromatic heterocycles. The molecular formula is C11H26ClPSi2. The van der Waals surface area contributed by atoms with Gasteiger partial charge < -0.3 is 0 Å². The zero-order valence-electron chi connectivity index (χ0n) is 11.5. The molecule has 0 nitrogen and oxygen atoms in total. The third-order valence-electron chi connectivity index (χ3n) is 4.19. The third kappa shape index (κ3) is 3.42. The van der Waals surface area contributed by atoms with Crippen LogP contribution in [0.1, 0.15) is 27.7 Å². The van der Waals surface area contributed by atoms with Crippen LogP contribution in [-0.4, -0.2) is 20.7 Å². The summed E-state index contributed by atoms with van der Waals surface area (Å²) in [5.74, 6) is 0. The van der Waals surface area contributed by atoms with E-state index < -0.39 is 16.1 Å². The minimum absolute atomic E-state index is 0.796. The smallest absolute Gasteiger partial charge is 0.0655 e. The fourth-order valence-corrected chi connectivity index (χ4v) is 18.3. The Morgan fingerprint density at radius 2 is 1.13 bits per heavy atom. The van der Waals surface area contributed by atoms with E-state index in [0.717, 1.165) is 18.6 Å². The van der Waals surface area contributed by atoms with Crippen LogP contribution in [0.15, 0.2) is 0 Å². The summed E-state index contributed by atoms with van der Waals surface area (Å²) in [6, 6.07) is 0. The molecular weight excluding hydrogens is 255 g/mol. The topological polar surface area (TPSA) is 0 Å². The Labute approximate surface area is 104 Å². The van der Waals surface area contributed by atoms with Gasteiger partial charge in [0, 0.05) is 0 Å². The maximum Gasteiger partial charge on any atom is 0.0801 e. The molecule has 0 aliphatic heterocycles. The average molecular weight is 281 g/mol. The van der Waals surface area contributed by atoms with Gasteiger partial charge in [0.2, 0.25) is 0 Å². The van der Waals surface area contributed by atoms with Crippen molar-refractivity contribution in [3.8, 4) is 0 Å². The summed E-state index contributed by atoms with van der Waals surface area (Å²) in [6.45, 7) is 19.4. The number of hydrogen-bond donors (Lipinski definition) is 0. The second kappa shape index (κ2) is 5.49. The lowest BCUT2D eigenvalue weighted by atomic mass is 10.6. The fraction of sp³-hybridized carbons (Fsp3) is 0.909. The van der Waals surface area contributed by atoms with Crippen LogP contribution in [0.2, 0.25) is 37.3 Å². The maximum atomic E-state index is 6.23. The van der Waals surface area contributed by atoms with Crippen molar-refractivity contribution in [2.24, 2.45) is 0 Å². The Kier molecular flexibility index (Phi) is 5.81. The zero-order valence-corrected chi connectivity index (χ0v) is 15.1. The van der Waals surface area contributed by atoms with Gasteiger partial charge in [0.15, 0.2) is 0 Å². The van der Waals surface area contributed by atoms with Gasteiger partial charge in [-0.3, -0.25) is 0 Å². The van der Waals surface area contributed by atoms with Crippen molar-refractivity contribution in [3.63, 3.8) is 0 Å². The molecule has 0 rings (SSSR count). The highest BCUT2D eigenvalue weighted by Gasteiger charge is 2.41. The molecule has 4 heteroatoms. The summed E-state index contributed by atoms with van der Waals surface area (Å²) in [6.07, 6.45) is 0. The molecule has 0 atom stereocenters. The summed E-state index contributed by atoms with van der Waals surface area (Å²) in [4.78, 5) is 0. The van der Waals surface area contributed by atoms with E-state index in [0.29, 0.717) is 0 Å². The molecule has 0 saturated heterocycles. The minimum atomic E-state index is -1.27. The molecule has 0 fully saturated rings. The van der Waals surface area contributed by atoms with Crippen LogP contribution in [-0.2, 0) is 0 Å². The van der Waals surface area contributed by atoms with Crippen molar-refractivity contribution in [2.75, 3.05) is 0 Å². The van der Waals surface area contributed by atoms with E-state index in [1.54, 1.807) is 4.54 Å². The summed E-state index contributed by atoms with van der Waals surface area (Å²) in [5.41, 5.74) is 1.59. The van der Waals surface area contributed by atoms with Crippen LogP contribution in [0.25, 0.3) is 0 Å². The number of halogens is 1. The van der Waals surface area contributed by atoms with Crippen molar-refractivity contribution in [3.05, 3.63) is 0 Å². The van der Waals surface area contributed by atoms with Gasteiger partial charge >= 0.3 is 0 Å². The molecule has 0 spiro atoms. The molecule has 0 aliphatic rings. The van der Waals surface area contributed by atoms with E-state index in [2.05, 4.69) is 53.9 Å². The summed E-state index contributed by atoms with van der Waals surface area (Å²) >= 11 is 6.23. The Bertz CT molecular complexity index is 223. The van der Waals surface area contributed by atoms with Crippen LogP contribution < -0.4 is 0 Å². The molecule has 0 aromatic rings. The van der Waals surface area contributed by atoms with E-state index in [1.165, 1.54) is 0 Å². The van der Waals surface area contributed by atoms with E-state index in [4.69, 9.17) is 11.2 Å². The van der Waals surface area contributed by atoms with E-state index in [9.17, 15) is 0 Å². The molecule has 0 N–H and O–H groups in total. The Morgan fingerprint density at radius 1 is 0.867 bits per heavy atom. The van der Waals surface area contributed by atoms with Crippen molar-refractivity contribution in [1.82, 2.24) is 0 Å². The molecule has 0 aromatic carbocycles. The van der Waals surface area contributed by atoms with Gasteiger partial charge in [-0.1, -0.05) is 69.7 Å². The first-order valence-electron chi connectivity index (χ1n) is 5.78. The Morgan fingerprint density at radius 3 is 1.27 bits per heavy atom. The monoisotopic (exact) mass is 280 g/mol. The normalized spacial score (nSPS) is 14.1. The first kappa shape index (κ1) is 15.9. The van der Waals surface area contributed by atoms with Crippen LogP contribution in [0.3, 0.4) is 0 Å². The molecule has 0 heterocycles. The lowest BCUT2D eigenvalue weighted by Crippen LogP contribution is -2.55. The SMILES string of the molecule is CC(C)[Si](C)(C)C(=PCl)[Si](C)(C)C(C)C. The minimum Gasteiger partial charge on any atom is -0.0655 e. The molecule has 15 heavy (non-hydrogen) atoms. The van der Waals surface area contributed by atoms with Crippen LogP contribution in [0, 0.1) is 0 Å². The molecule has 0 bridgehead atoms. The molecule has 0 amide bonds. The molecule has 0 radical (unpaired) electrons. The lowest BCUT2D eigenvalue weighted by molar-refractivity contribution is 1.02. The van der Waals surface area contributed by atoms with Crippen LogP contribution in [0.5, 0.6) is 0 Å². The molecule has 0 aliphatic carbocycles. The standard InChI is InChI=1S/C11H26ClPSi2/c1-9(2)14(5,6)11(13-12)15(7,8)10(3)4/h9-10H,1-8H3. The van der Waals surface area contributed by atoms with Gasteiger partial charge in [-0.2, -0.15) is 0 Å². The molecule has 90 valence electrons. The maximum absolute atomic E-state index is 6.23. The van der Waals surface area contributed by atoms with Crippen molar-refractivity contribution in [1.29, 1.82) is 0 Å². The predicted molar refractivity (Wildman–Crippen MR) is 82.9 cm³/mol. The largest absolute Gasteiger partial charge is 0.0801 e. The Balaban J connectivity index is 5.29. The highest BCUT2D eigenvalue weighted by Crippen LogP contribution is 2.36. The number of hydrogen-bond acceptors (Lipinski definition) is 0. The Hall–Kier alpha value is 0.894. The summed E-state index contributed by atoms with van der Waals surface area (Å²) < 4.78 is 1.74. The highest BCUT2D eigenvalue weighted by atomic mass is 35.7. The lowest BCUT2D eigenvalue weighted by Gasteiger charge is -2.40. The third-order valence-corrected chi connectivity index (χ3v) is 21.9. The van der Waals surface area contributed by atoms with Crippen LogP contribution >= 0.6 is 18.8 Å². The van der Waals surface area contributed by atoms with E-state index in [1.807, 2.05) is 0 Å². The van der Waals surface area contributed by atoms with Crippen molar-refractivity contribution >= 4 is 39.5 Å². The number of rotatable bonds is 4. The molecule has 0 unspecified atom stereocenters. The second-order valence-electron chi connectivity index (χ2n) is 6.19. The van der Waals surface area contributed by atoms with Crippen LogP contribution in [0.4, 0.5) is 0 Å². The van der Waals surface area contributed by atoms with Gasteiger partial charge in [-0.15, -0.1) is 0 Å². The van der Waals surface area contributed by atoms with E-state index >= 15 is 0 Å². The van der Waals surface area contributed by atoms with Gasteiger partial charge in [0.05, 0.1) is 16.1 Å². The summed E-state index contributed by atoms with van der Waals surface area (Å²) in [7, 11) is -1.50. The predicted octanol–water partition coefficient (Wildman–Crippen LogP) is 5.57. The highest BCUT2D eigenvalue weighted by molar-refractivity contribution is 7.80.